The van der Waals surface area contributed by atoms with E-state index in [0.717, 1.165) is 58.3 Å². The highest BCUT2D eigenvalue weighted by Crippen LogP contribution is 2.77. The lowest BCUT2D eigenvalue weighted by molar-refractivity contribution is -0.236. The Labute approximate surface area is 333 Å². The number of nitrogens with one attached hydrogen (secondary N) is 1. The maximum Gasteiger partial charge on any atom is 0.309 e. The number of carboxylic acids is 1. The first-order valence-corrected chi connectivity index (χ1v) is 22.6. The molecule has 0 aromatic heterocycles. The molecule has 7 aliphatic rings. The molecule has 0 aromatic carbocycles. The van der Waals surface area contributed by atoms with E-state index in [1.54, 1.807) is 5.57 Å². The van der Waals surface area contributed by atoms with Crippen molar-refractivity contribution in [1.82, 2.24) is 15.1 Å². The molecule has 1 saturated heterocycles. The number of hydrogen-bond acceptors (Lipinski definition) is 7. The van der Waals surface area contributed by atoms with Gasteiger partial charge in [-0.3, -0.25) is 19.3 Å². The number of aliphatic carboxylic acids is 1. The molecular formula is C47H77N3O5. The molecule has 0 amide bonds. The van der Waals surface area contributed by atoms with Gasteiger partial charge in [0.1, 0.15) is 6.10 Å². The van der Waals surface area contributed by atoms with Gasteiger partial charge in [0.25, 0.3) is 0 Å². The van der Waals surface area contributed by atoms with Crippen LogP contribution in [-0.2, 0) is 19.1 Å². The molecule has 5 saturated carbocycles. The summed E-state index contributed by atoms with van der Waals surface area (Å²) in [5.74, 6) is 0.367. The molecule has 55 heavy (non-hydrogen) atoms. The highest BCUT2D eigenvalue weighted by Gasteiger charge is 2.70. The van der Waals surface area contributed by atoms with Crippen molar-refractivity contribution in [3.63, 3.8) is 0 Å². The minimum Gasteiger partial charge on any atom is -0.481 e. The molecule has 310 valence electrons. The Kier molecular flexibility index (Phi) is 10.9. The molecule has 1 heterocycles. The van der Waals surface area contributed by atoms with E-state index in [-0.39, 0.29) is 51.0 Å². The van der Waals surface area contributed by atoms with E-state index in [9.17, 15) is 19.5 Å². The lowest BCUT2D eigenvalue weighted by atomic mass is 9.33. The van der Waals surface area contributed by atoms with Gasteiger partial charge in [0.15, 0.2) is 5.78 Å². The van der Waals surface area contributed by atoms with Crippen molar-refractivity contribution in [2.45, 2.75) is 146 Å². The average molecular weight is 764 g/mol. The SMILES string of the molecule is CCN1CCN(CCNCC[C@@]23CC[C@]4(C)[C@H](CC[C@@H]5[C@@]6(C)CC[C@H](OC(=O)[C@H]7C[C@@H](C(=O)O)C7(C)C)C(C)(C)[C@@H]6CC[C@]54C)C2=C(C(C)C)C(=O)C3)CC1. The molecule has 0 bridgehead atoms. The molecule has 0 spiro atoms. The number of ketones is 1. The predicted molar refractivity (Wildman–Crippen MR) is 218 cm³/mol. The fraction of sp³-hybridized carbons (Fsp3) is 0.894. The largest absolute Gasteiger partial charge is 0.481 e. The number of fused-ring (bicyclic) bond motifs is 7. The number of esters is 1. The Bertz CT molecular complexity index is 1540. The number of carbonyl (C=O) groups is 3. The van der Waals surface area contributed by atoms with Gasteiger partial charge in [-0.25, -0.2) is 0 Å². The van der Waals surface area contributed by atoms with Crippen molar-refractivity contribution in [1.29, 1.82) is 0 Å². The highest BCUT2D eigenvalue weighted by atomic mass is 16.5. The van der Waals surface area contributed by atoms with Crippen molar-refractivity contribution in [2.75, 3.05) is 52.4 Å². The van der Waals surface area contributed by atoms with Crippen LogP contribution in [-0.4, -0.2) is 91.1 Å². The van der Waals surface area contributed by atoms with Gasteiger partial charge in [-0.15, -0.1) is 0 Å². The number of carbonyl (C=O) groups excluding carboxylic acids is 2. The van der Waals surface area contributed by atoms with Gasteiger partial charge in [0, 0.05) is 56.5 Å². The molecule has 8 heteroatoms. The second-order valence-corrected chi connectivity index (χ2v) is 22.0. The number of piperazine rings is 1. The van der Waals surface area contributed by atoms with E-state index in [0.29, 0.717) is 36.4 Å². The van der Waals surface area contributed by atoms with Gasteiger partial charge < -0.3 is 20.1 Å². The van der Waals surface area contributed by atoms with Crippen LogP contribution in [0.15, 0.2) is 11.1 Å². The van der Waals surface area contributed by atoms with Crippen molar-refractivity contribution in [3.05, 3.63) is 11.1 Å². The number of ether oxygens (including phenoxy) is 1. The van der Waals surface area contributed by atoms with Crippen molar-refractivity contribution in [3.8, 4) is 0 Å². The number of likely N-dealkylation sites (N-methyl/N-ethyl adjacent to an activating group) is 1. The van der Waals surface area contributed by atoms with Crippen LogP contribution >= 0.6 is 0 Å². The molecule has 0 aromatic rings. The zero-order chi connectivity index (χ0) is 39.9. The molecule has 6 fully saturated rings. The summed E-state index contributed by atoms with van der Waals surface area (Å²) in [6, 6.07) is 0. The molecule has 10 atom stereocenters. The first-order chi connectivity index (χ1) is 25.8. The van der Waals surface area contributed by atoms with Crippen LogP contribution in [0.25, 0.3) is 0 Å². The van der Waals surface area contributed by atoms with Crippen molar-refractivity contribution < 1.29 is 24.2 Å². The zero-order valence-corrected chi connectivity index (χ0v) is 36.5. The molecule has 0 unspecified atom stereocenters. The molecule has 1 aliphatic heterocycles. The number of Topliss-reactive ketones (excluding diaryl/α,β-unsaturated/α-hetero) is 1. The number of rotatable bonds is 11. The van der Waals surface area contributed by atoms with Crippen LogP contribution < -0.4 is 5.32 Å². The third-order valence-electron chi connectivity index (χ3n) is 18.9. The predicted octanol–water partition coefficient (Wildman–Crippen LogP) is 8.24. The molecular weight excluding hydrogens is 687 g/mol. The summed E-state index contributed by atoms with van der Waals surface area (Å²) in [7, 11) is 0. The Hall–Kier alpha value is -1.77. The Morgan fingerprint density at radius 1 is 0.818 bits per heavy atom. The summed E-state index contributed by atoms with van der Waals surface area (Å²) in [5, 5.41) is 13.5. The average Bonchev–Trinajstić information content (AvgIpc) is 3.41. The topological polar surface area (TPSA) is 99.2 Å². The van der Waals surface area contributed by atoms with Gasteiger partial charge in [-0.2, -0.15) is 0 Å². The third-order valence-corrected chi connectivity index (χ3v) is 18.9. The van der Waals surface area contributed by atoms with Crippen LogP contribution in [0.5, 0.6) is 0 Å². The van der Waals surface area contributed by atoms with E-state index >= 15 is 0 Å². The second kappa shape index (κ2) is 14.5. The Balaban J connectivity index is 1.06. The number of hydrogen-bond donors (Lipinski definition) is 2. The zero-order valence-electron chi connectivity index (χ0n) is 36.5. The minimum absolute atomic E-state index is 0.00826. The molecule has 8 nitrogen and oxygen atoms in total. The lowest BCUT2D eigenvalue weighted by Gasteiger charge is -2.72. The summed E-state index contributed by atoms with van der Waals surface area (Å²) in [6.07, 6.45) is 11.0. The van der Waals surface area contributed by atoms with Crippen molar-refractivity contribution >= 4 is 17.7 Å². The summed E-state index contributed by atoms with van der Waals surface area (Å²) in [4.78, 5) is 44.6. The second-order valence-electron chi connectivity index (χ2n) is 22.0. The van der Waals surface area contributed by atoms with E-state index in [2.05, 4.69) is 70.5 Å². The number of nitrogens with zero attached hydrogens (tertiary/aromatic N) is 2. The molecule has 6 aliphatic carbocycles. The molecule has 7 rings (SSSR count). The quantitative estimate of drug-likeness (QED) is 0.161. The fourth-order valence-electron chi connectivity index (χ4n) is 15.2. The number of allylic oxidation sites excluding steroid dienone is 2. The first-order valence-electron chi connectivity index (χ1n) is 22.6. The maximum absolute atomic E-state index is 14.1. The van der Waals surface area contributed by atoms with Gasteiger partial charge in [0.05, 0.1) is 11.8 Å². The summed E-state index contributed by atoms with van der Waals surface area (Å²) in [5.41, 5.74) is 2.52. The van der Waals surface area contributed by atoms with Crippen molar-refractivity contribution in [2.24, 2.45) is 68.0 Å². The van der Waals surface area contributed by atoms with Gasteiger partial charge in [-0.05, 0) is 128 Å². The van der Waals surface area contributed by atoms with Gasteiger partial charge in [0.2, 0.25) is 0 Å². The summed E-state index contributed by atoms with van der Waals surface area (Å²) >= 11 is 0. The van der Waals surface area contributed by atoms with Crippen LogP contribution in [0, 0.1) is 68.0 Å². The maximum atomic E-state index is 14.1. The fourth-order valence-corrected chi connectivity index (χ4v) is 15.2. The van der Waals surface area contributed by atoms with E-state index < -0.39 is 17.3 Å². The standard InChI is InChI=1S/C47H77N3O5/c1-11-49-24-26-50(27-25-49)23-22-48-21-20-47-19-18-45(9)31(39(47)38(30(2)3)34(51)29-47)12-13-36-44(8)16-15-37(43(6,7)35(44)14-17-46(36,45)10)55-41(54)33-28-32(40(52)53)42(33,4)5/h30-33,35-37,48H,11-29H2,1-10H3,(H,52,53)/t31-,32+,33-,35+,36-,37+,44+,45-,46-,47-/m1/s1. The first kappa shape index (κ1) is 41.4. The van der Waals surface area contributed by atoms with E-state index in [1.165, 1.54) is 57.4 Å². The summed E-state index contributed by atoms with van der Waals surface area (Å²) in [6.45, 7) is 32.2. The molecule has 2 N–H and O–H groups in total. The molecule has 0 radical (unpaired) electrons. The van der Waals surface area contributed by atoms with E-state index in [4.69, 9.17) is 4.74 Å². The smallest absolute Gasteiger partial charge is 0.309 e. The van der Waals surface area contributed by atoms with Crippen LogP contribution in [0.1, 0.15) is 140 Å². The normalized spacial score (nSPS) is 42.6. The van der Waals surface area contributed by atoms with Crippen LogP contribution in [0.4, 0.5) is 0 Å². The minimum atomic E-state index is -0.809. The van der Waals surface area contributed by atoms with Gasteiger partial charge in [-0.1, -0.05) is 74.8 Å². The highest BCUT2D eigenvalue weighted by molar-refractivity contribution is 6.00. The Morgan fingerprint density at radius 3 is 2.15 bits per heavy atom. The lowest BCUT2D eigenvalue weighted by Crippen LogP contribution is -2.66. The van der Waals surface area contributed by atoms with E-state index in [1.807, 2.05) is 13.8 Å². The summed E-state index contributed by atoms with van der Waals surface area (Å²) < 4.78 is 6.45. The van der Waals surface area contributed by atoms with Crippen LogP contribution in [0.3, 0.4) is 0 Å². The Morgan fingerprint density at radius 2 is 1.51 bits per heavy atom. The third kappa shape index (κ3) is 6.42. The number of carboxylic acid groups (broad SMARTS) is 1. The monoisotopic (exact) mass is 764 g/mol. The van der Waals surface area contributed by atoms with Crippen LogP contribution in [0.2, 0.25) is 0 Å². The van der Waals surface area contributed by atoms with Gasteiger partial charge >= 0.3 is 11.9 Å².